The van der Waals surface area contributed by atoms with E-state index < -0.39 is 0 Å². The molecule has 56 heavy (non-hydrogen) atoms. The van der Waals surface area contributed by atoms with Crippen molar-refractivity contribution in [2.75, 3.05) is 0 Å². The minimum Gasteiger partial charge on any atom is -0.277 e. The van der Waals surface area contributed by atoms with Crippen molar-refractivity contribution in [1.82, 2.24) is 24.5 Å². The molecule has 0 spiro atoms. The topological polar surface area (TPSA) is 56.5 Å². The van der Waals surface area contributed by atoms with Gasteiger partial charge in [-0.05, 0) is 52.6 Å². The van der Waals surface area contributed by atoms with Crippen LogP contribution < -0.4 is 0 Å². The highest BCUT2D eigenvalue weighted by Crippen LogP contribution is 2.49. The molecular formula is C50H31N5S. The number of pyridine rings is 1. The first-order valence-corrected chi connectivity index (χ1v) is 19.5. The molecule has 6 heteroatoms. The quantitative estimate of drug-likeness (QED) is 0.171. The summed E-state index contributed by atoms with van der Waals surface area (Å²) in [6, 6.07) is 63.5. The van der Waals surface area contributed by atoms with Crippen molar-refractivity contribution in [2.45, 2.75) is 0 Å². The SMILES string of the molecule is c1ccc(-c2ccc3c(c2)c2c(-c4ccccn4)cc4sc5c(-c6ccccc6)cccc5c4c2n3-c2nc(-c3ccccc3)nc(-c3ccccc3)n2)cc1. The molecule has 0 N–H and O–H groups in total. The zero-order valence-corrected chi connectivity index (χ0v) is 30.9. The third-order valence-electron chi connectivity index (χ3n) is 10.5. The molecule has 0 aliphatic heterocycles. The number of nitrogens with zero attached hydrogens (tertiary/aromatic N) is 5. The normalized spacial score (nSPS) is 11.6. The van der Waals surface area contributed by atoms with E-state index in [0.29, 0.717) is 17.6 Å². The second-order valence-electron chi connectivity index (χ2n) is 13.8. The molecular weight excluding hydrogens is 703 g/mol. The zero-order valence-electron chi connectivity index (χ0n) is 30.0. The van der Waals surface area contributed by atoms with Crippen LogP contribution in [0.5, 0.6) is 0 Å². The van der Waals surface area contributed by atoms with Crippen LogP contribution in [-0.4, -0.2) is 24.5 Å². The van der Waals surface area contributed by atoms with Gasteiger partial charge in [-0.2, -0.15) is 9.97 Å². The Morgan fingerprint density at radius 2 is 1.05 bits per heavy atom. The molecule has 0 atom stereocenters. The predicted molar refractivity (Wildman–Crippen MR) is 232 cm³/mol. The Labute approximate surface area is 326 Å². The van der Waals surface area contributed by atoms with E-state index in [1.165, 1.54) is 25.9 Å². The number of benzene rings is 7. The molecule has 0 radical (unpaired) electrons. The maximum absolute atomic E-state index is 5.32. The van der Waals surface area contributed by atoms with Crippen molar-refractivity contribution in [3.8, 4) is 62.2 Å². The molecule has 4 aromatic heterocycles. The molecule has 0 unspecified atom stereocenters. The Kier molecular flexibility index (Phi) is 7.60. The lowest BCUT2D eigenvalue weighted by atomic mass is 9.97. The lowest BCUT2D eigenvalue weighted by Gasteiger charge is -2.12. The summed E-state index contributed by atoms with van der Waals surface area (Å²) in [5, 5.41) is 4.57. The number of fused-ring (bicyclic) bond motifs is 7. The number of hydrogen-bond donors (Lipinski definition) is 0. The van der Waals surface area contributed by atoms with E-state index in [9.17, 15) is 0 Å². The summed E-state index contributed by atoms with van der Waals surface area (Å²) < 4.78 is 4.68. The molecule has 5 nitrogen and oxygen atoms in total. The summed E-state index contributed by atoms with van der Waals surface area (Å²) in [4.78, 5) is 20.7. The maximum atomic E-state index is 5.32. The number of aromatic nitrogens is 5. The van der Waals surface area contributed by atoms with E-state index in [2.05, 4.69) is 144 Å². The first-order chi connectivity index (χ1) is 27.8. The average molecular weight is 734 g/mol. The first-order valence-electron chi connectivity index (χ1n) is 18.6. The average Bonchev–Trinajstić information content (AvgIpc) is 3.83. The van der Waals surface area contributed by atoms with Gasteiger partial charge in [-0.25, -0.2) is 4.98 Å². The van der Waals surface area contributed by atoms with Crippen molar-refractivity contribution >= 4 is 53.3 Å². The van der Waals surface area contributed by atoms with Crippen LogP contribution in [0.1, 0.15) is 0 Å². The molecule has 0 saturated heterocycles. The van der Waals surface area contributed by atoms with Gasteiger partial charge in [-0.3, -0.25) is 9.55 Å². The Morgan fingerprint density at radius 1 is 0.429 bits per heavy atom. The summed E-state index contributed by atoms with van der Waals surface area (Å²) in [7, 11) is 0. The van der Waals surface area contributed by atoms with Gasteiger partial charge in [0.15, 0.2) is 11.6 Å². The van der Waals surface area contributed by atoms with Crippen molar-refractivity contribution < 1.29 is 0 Å². The van der Waals surface area contributed by atoms with E-state index in [1.807, 2.05) is 60.0 Å². The standard InChI is InChI=1S/C50H31N5S/c1-5-16-32(17-6-1)36-27-28-42-40(30-36)44-39(41-26-13-14-29-51-41)31-43-45(38-25-15-24-37(47(38)56-43)33-18-7-2-8-19-33)46(44)55(42)50-53-48(34-20-9-3-10-21-34)52-49(54-50)35-22-11-4-12-23-35/h1-31H. The van der Waals surface area contributed by atoms with Crippen LogP contribution in [0.15, 0.2) is 188 Å². The highest BCUT2D eigenvalue weighted by atomic mass is 32.1. The van der Waals surface area contributed by atoms with Gasteiger partial charge < -0.3 is 0 Å². The fourth-order valence-corrected chi connectivity index (χ4v) is 9.25. The van der Waals surface area contributed by atoms with Crippen molar-refractivity contribution in [3.63, 3.8) is 0 Å². The van der Waals surface area contributed by atoms with Crippen LogP contribution in [0.2, 0.25) is 0 Å². The summed E-state index contributed by atoms with van der Waals surface area (Å²) in [5.41, 5.74) is 10.6. The van der Waals surface area contributed by atoms with Gasteiger partial charge >= 0.3 is 0 Å². The molecule has 0 bridgehead atoms. The lowest BCUT2D eigenvalue weighted by molar-refractivity contribution is 0.955. The molecule has 0 amide bonds. The lowest BCUT2D eigenvalue weighted by Crippen LogP contribution is -2.06. The van der Waals surface area contributed by atoms with Gasteiger partial charge in [0.2, 0.25) is 5.95 Å². The van der Waals surface area contributed by atoms with E-state index in [4.69, 9.17) is 19.9 Å². The van der Waals surface area contributed by atoms with Crippen molar-refractivity contribution in [3.05, 3.63) is 188 Å². The zero-order chi connectivity index (χ0) is 37.0. The highest BCUT2D eigenvalue weighted by molar-refractivity contribution is 7.26. The molecule has 0 aliphatic rings. The first kappa shape index (κ1) is 32.2. The summed E-state index contributed by atoms with van der Waals surface area (Å²) in [6.45, 7) is 0. The maximum Gasteiger partial charge on any atom is 0.238 e. The van der Waals surface area contributed by atoms with Gasteiger partial charge in [-0.1, -0.05) is 152 Å². The smallest absolute Gasteiger partial charge is 0.238 e. The van der Waals surface area contributed by atoms with Gasteiger partial charge in [0, 0.05) is 53.8 Å². The summed E-state index contributed by atoms with van der Waals surface area (Å²) in [5.74, 6) is 1.79. The van der Waals surface area contributed by atoms with Crippen molar-refractivity contribution in [1.29, 1.82) is 0 Å². The number of rotatable bonds is 6. The Bertz CT molecular complexity index is 3160. The van der Waals surface area contributed by atoms with Gasteiger partial charge in [-0.15, -0.1) is 11.3 Å². The Hall–Kier alpha value is -7.28. The van der Waals surface area contributed by atoms with Gasteiger partial charge in [0.25, 0.3) is 0 Å². The summed E-state index contributed by atoms with van der Waals surface area (Å²) in [6.07, 6.45) is 1.88. The van der Waals surface area contributed by atoms with E-state index in [-0.39, 0.29) is 0 Å². The second kappa shape index (κ2) is 13.2. The van der Waals surface area contributed by atoms with Crippen LogP contribution in [-0.2, 0) is 0 Å². The number of thiophene rings is 1. The fourth-order valence-electron chi connectivity index (χ4n) is 7.97. The van der Waals surface area contributed by atoms with Crippen LogP contribution in [0.4, 0.5) is 0 Å². The molecule has 262 valence electrons. The van der Waals surface area contributed by atoms with E-state index in [1.54, 1.807) is 0 Å². The molecule has 7 aromatic carbocycles. The third-order valence-corrected chi connectivity index (χ3v) is 11.7. The molecule has 0 fully saturated rings. The molecule has 11 aromatic rings. The highest BCUT2D eigenvalue weighted by Gasteiger charge is 2.25. The third kappa shape index (κ3) is 5.30. The predicted octanol–water partition coefficient (Wildman–Crippen LogP) is 13.1. The van der Waals surface area contributed by atoms with Crippen LogP contribution in [0.25, 0.3) is 104 Å². The Morgan fingerprint density at radius 3 is 1.70 bits per heavy atom. The fraction of sp³-hybridized carbons (Fsp3) is 0. The van der Waals surface area contributed by atoms with Crippen LogP contribution in [0, 0.1) is 0 Å². The monoisotopic (exact) mass is 733 g/mol. The summed E-state index contributed by atoms with van der Waals surface area (Å²) >= 11 is 1.83. The minimum atomic E-state index is 0.559. The Balaban J connectivity index is 1.34. The number of hydrogen-bond acceptors (Lipinski definition) is 5. The van der Waals surface area contributed by atoms with Crippen LogP contribution in [0.3, 0.4) is 0 Å². The largest absolute Gasteiger partial charge is 0.277 e. The second-order valence-corrected chi connectivity index (χ2v) is 14.9. The molecule has 4 heterocycles. The van der Waals surface area contributed by atoms with Gasteiger partial charge in [0.1, 0.15) is 0 Å². The van der Waals surface area contributed by atoms with E-state index >= 15 is 0 Å². The molecule has 11 rings (SSSR count). The molecule has 0 aliphatic carbocycles. The minimum absolute atomic E-state index is 0.559. The van der Waals surface area contributed by atoms with Gasteiger partial charge in [0.05, 0.1) is 16.7 Å². The van der Waals surface area contributed by atoms with Crippen LogP contribution >= 0.6 is 11.3 Å². The van der Waals surface area contributed by atoms with E-state index in [0.717, 1.165) is 60.7 Å². The molecule has 0 saturated carbocycles. The van der Waals surface area contributed by atoms with Crippen molar-refractivity contribution in [2.24, 2.45) is 0 Å².